The molecule has 0 radical (unpaired) electrons. The maximum atomic E-state index is 12.0. The molecule has 0 aliphatic carbocycles. The Kier molecular flexibility index (Phi) is 5.06. The van der Waals surface area contributed by atoms with Crippen molar-refractivity contribution in [2.45, 2.75) is 26.3 Å². The Labute approximate surface area is 113 Å². The molecule has 0 unspecified atom stereocenters. The molecule has 0 saturated carbocycles. The first-order valence-electron chi connectivity index (χ1n) is 6.26. The first kappa shape index (κ1) is 15.2. The molecule has 0 aliphatic rings. The summed E-state index contributed by atoms with van der Waals surface area (Å²) in [6.07, 6.45) is 0.571. The summed E-state index contributed by atoms with van der Waals surface area (Å²) in [6, 6.07) is 4.72. The summed E-state index contributed by atoms with van der Waals surface area (Å²) < 4.78 is 0. The van der Waals surface area contributed by atoms with E-state index in [0.717, 1.165) is 5.56 Å². The SMILES string of the molecule is CC[C@H](N)C(=O)Nc1cccc(C(=O)N(C)C)c1C. The summed E-state index contributed by atoms with van der Waals surface area (Å²) >= 11 is 0. The number of hydrogen-bond acceptors (Lipinski definition) is 3. The second-order valence-electron chi connectivity index (χ2n) is 4.68. The maximum Gasteiger partial charge on any atom is 0.253 e. The number of amides is 2. The Hall–Kier alpha value is -1.88. The van der Waals surface area contributed by atoms with Gasteiger partial charge in [-0.3, -0.25) is 9.59 Å². The van der Waals surface area contributed by atoms with Crippen LogP contribution in [0.15, 0.2) is 18.2 Å². The van der Waals surface area contributed by atoms with E-state index in [1.165, 1.54) is 4.90 Å². The minimum atomic E-state index is -0.535. The zero-order chi connectivity index (χ0) is 14.6. The number of hydrogen-bond donors (Lipinski definition) is 2. The summed E-state index contributed by atoms with van der Waals surface area (Å²) in [5.74, 6) is -0.326. The maximum absolute atomic E-state index is 12.0. The van der Waals surface area contributed by atoms with Gasteiger partial charge in [-0.2, -0.15) is 0 Å². The van der Waals surface area contributed by atoms with Crippen molar-refractivity contribution < 1.29 is 9.59 Å². The molecule has 1 aromatic rings. The highest BCUT2D eigenvalue weighted by molar-refractivity contribution is 6.00. The molecular weight excluding hydrogens is 242 g/mol. The number of carbonyl (C=O) groups is 2. The molecule has 0 aromatic heterocycles. The summed E-state index contributed by atoms with van der Waals surface area (Å²) in [4.78, 5) is 25.3. The average molecular weight is 263 g/mol. The van der Waals surface area contributed by atoms with Crippen molar-refractivity contribution in [3.05, 3.63) is 29.3 Å². The van der Waals surface area contributed by atoms with Gasteiger partial charge in [-0.15, -0.1) is 0 Å². The third-order valence-electron chi connectivity index (χ3n) is 3.00. The molecule has 1 atom stereocenters. The summed E-state index contributed by atoms with van der Waals surface area (Å²) in [7, 11) is 3.39. The largest absolute Gasteiger partial charge is 0.345 e. The molecule has 0 saturated heterocycles. The van der Waals surface area contributed by atoms with Crippen LogP contribution < -0.4 is 11.1 Å². The van der Waals surface area contributed by atoms with E-state index >= 15 is 0 Å². The van der Waals surface area contributed by atoms with Crippen molar-refractivity contribution in [2.75, 3.05) is 19.4 Å². The number of nitrogens with zero attached hydrogens (tertiary/aromatic N) is 1. The highest BCUT2D eigenvalue weighted by Crippen LogP contribution is 2.20. The van der Waals surface area contributed by atoms with Gasteiger partial charge in [-0.25, -0.2) is 0 Å². The standard InChI is InChI=1S/C14H21N3O2/c1-5-11(15)13(18)16-12-8-6-7-10(9(12)2)14(19)17(3)4/h6-8,11H,5,15H2,1-4H3,(H,16,18)/t11-/m0/s1. The zero-order valence-corrected chi connectivity index (χ0v) is 11.9. The number of rotatable bonds is 4. The number of nitrogens with one attached hydrogen (secondary N) is 1. The predicted molar refractivity (Wildman–Crippen MR) is 76.1 cm³/mol. The first-order valence-corrected chi connectivity index (χ1v) is 6.26. The van der Waals surface area contributed by atoms with Crippen LogP contribution in [0.25, 0.3) is 0 Å². The monoisotopic (exact) mass is 263 g/mol. The molecule has 0 bridgehead atoms. The van der Waals surface area contributed by atoms with Gasteiger partial charge in [0.2, 0.25) is 5.91 Å². The Bertz CT molecular complexity index is 484. The van der Waals surface area contributed by atoms with Gasteiger partial charge in [0.15, 0.2) is 0 Å². The van der Waals surface area contributed by atoms with Crippen molar-refractivity contribution in [1.82, 2.24) is 4.90 Å². The molecule has 0 fully saturated rings. The van der Waals surface area contributed by atoms with Crippen LogP contribution >= 0.6 is 0 Å². The normalized spacial score (nSPS) is 11.8. The fraction of sp³-hybridized carbons (Fsp3) is 0.429. The molecular formula is C14H21N3O2. The fourth-order valence-corrected chi connectivity index (χ4v) is 1.65. The molecule has 5 heteroatoms. The van der Waals surface area contributed by atoms with Crippen LogP contribution in [0.4, 0.5) is 5.69 Å². The molecule has 104 valence electrons. The van der Waals surface area contributed by atoms with E-state index in [0.29, 0.717) is 17.7 Å². The highest BCUT2D eigenvalue weighted by Gasteiger charge is 2.16. The van der Waals surface area contributed by atoms with E-state index in [4.69, 9.17) is 5.73 Å². The van der Waals surface area contributed by atoms with Crippen molar-refractivity contribution in [3.63, 3.8) is 0 Å². The number of nitrogens with two attached hydrogens (primary N) is 1. The van der Waals surface area contributed by atoms with Crippen molar-refractivity contribution >= 4 is 17.5 Å². The van der Waals surface area contributed by atoms with E-state index in [-0.39, 0.29) is 11.8 Å². The topological polar surface area (TPSA) is 75.4 Å². The van der Waals surface area contributed by atoms with E-state index in [1.54, 1.807) is 32.3 Å². The van der Waals surface area contributed by atoms with Crippen LogP contribution in [0, 0.1) is 6.92 Å². The number of anilines is 1. The van der Waals surface area contributed by atoms with Crippen LogP contribution in [0.2, 0.25) is 0 Å². The summed E-state index contributed by atoms with van der Waals surface area (Å²) in [6.45, 7) is 3.66. The molecule has 0 spiro atoms. The van der Waals surface area contributed by atoms with Crippen LogP contribution in [0.1, 0.15) is 29.3 Å². The molecule has 3 N–H and O–H groups in total. The lowest BCUT2D eigenvalue weighted by molar-refractivity contribution is -0.117. The van der Waals surface area contributed by atoms with E-state index < -0.39 is 6.04 Å². The minimum Gasteiger partial charge on any atom is -0.345 e. The van der Waals surface area contributed by atoms with E-state index in [9.17, 15) is 9.59 Å². The van der Waals surface area contributed by atoms with Crippen LogP contribution in [0.3, 0.4) is 0 Å². The van der Waals surface area contributed by atoms with Gasteiger partial charge in [0.1, 0.15) is 0 Å². The molecule has 1 rings (SSSR count). The number of carbonyl (C=O) groups excluding carboxylic acids is 2. The fourth-order valence-electron chi connectivity index (χ4n) is 1.65. The van der Waals surface area contributed by atoms with Gasteiger partial charge in [0.25, 0.3) is 5.91 Å². The predicted octanol–water partition coefficient (Wildman–Crippen LogP) is 1.37. The van der Waals surface area contributed by atoms with Crippen LogP contribution in [-0.4, -0.2) is 36.9 Å². The molecule has 1 aromatic carbocycles. The van der Waals surface area contributed by atoms with Gasteiger partial charge in [-0.05, 0) is 31.0 Å². The van der Waals surface area contributed by atoms with Gasteiger partial charge in [-0.1, -0.05) is 13.0 Å². The van der Waals surface area contributed by atoms with E-state index in [1.807, 2.05) is 13.8 Å². The molecule has 19 heavy (non-hydrogen) atoms. The molecule has 2 amide bonds. The second-order valence-corrected chi connectivity index (χ2v) is 4.68. The van der Waals surface area contributed by atoms with Crippen LogP contribution in [0.5, 0.6) is 0 Å². The van der Waals surface area contributed by atoms with Crippen molar-refractivity contribution in [3.8, 4) is 0 Å². The Morgan fingerprint density at radius 1 is 1.37 bits per heavy atom. The lowest BCUT2D eigenvalue weighted by atomic mass is 10.1. The Morgan fingerprint density at radius 3 is 2.53 bits per heavy atom. The van der Waals surface area contributed by atoms with E-state index in [2.05, 4.69) is 5.32 Å². The zero-order valence-electron chi connectivity index (χ0n) is 11.9. The van der Waals surface area contributed by atoms with Gasteiger partial charge in [0.05, 0.1) is 6.04 Å². The summed E-state index contributed by atoms with van der Waals surface area (Å²) in [5.41, 5.74) is 7.62. The Balaban J connectivity index is 3.02. The molecule has 0 heterocycles. The van der Waals surface area contributed by atoms with Crippen LogP contribution in [-0.2, 0) is 4.79 Å². The molecule has 5 nitrogen and oxygen atoms in total. The smallest absolute Gasteiger partial charge is 0.253 e. The average Bonchev–Trinajstić information content (AvgIpc) is 2.39. The third-order valence-corrected chi connectivity index (χ3v) is 3.00. The Morgan fingerprint density at radius 2 is 2.00 bits per heavy atom. The van der Waals surface area contributed by atoms with Crippen molar-refractivity contribution in [1.29, 1.82) is 0 Å². The first-order chi connectivity index (χ1) is 8.88. The minimum absolute atomic E-state index is 0.0895. The highest BCUT2D eigenvalue weighted by atomic mass is 16.2. The number of benzene rings is 1. The second kappa shape index (κ2) is 6.33. The lowest BCUT2D eigenvalue weighted by Gasteiger charge is -2.16. The third kappa shape index (κ3) is 3.54. The molecule has 0 aliphatic heterocycles. The summed E-state index contributed by atoms with van der Waals surface area (Å²) in [5, 5.41) is 2.76. The van der Waals surface area contributed by atoms with Gasteiger partial charge >= 0.3 is 0 Å². The van der Waals surface area contributed by atoms with Crippen molar-refractivity contribution in [2.24, 2.45) is 5.73 Å². The lowest BCUT2D eigenvalue weighted by Crippen LogP contribution is -2.35. The van der Waals surface area contributed by atoms with Gasteiger partial charge < -0.3 is 16.0 Å². The van der Waals surface area contributed by atoms with Gasteiger partial charge in [0, 0.05) is 25.3 Å². The quantitative estimate of drug-likeness (QED) is 0.861.